The first-order valence-electron chi connectivity index (χ1n) is 5.86. The third-order valence-corrected chi connectivity index (χ3v) is 4.27. The predicted octanol–water partition coefficient (Wildman–Crippen LogP) is 1.29. The highest BCUT2D eigenvalue weighted by Crippen LogP contribution is 2.19. The molecule has 0 aromatic carbocycles. The van der Waals surface area contributed by atoms with E-state index in [1.54, 1.807) is 6.07 Å². The van der Waals surface area contributed by atoms with Crippen LogP contribution in [0, 0.1) is 5.41 Å². The van der Waals surface area contributed by atoms with Crippen molar-refractivity contribution in [2.24, 2.45) is 5.41 Å². The summed E-state index contributed by atoms with van der Waals surface area (Å²) in [5.41, 5.74) is 0.501. The van der Waals surface area contributed by atoms with Gasteiger partial charge in [-0.2, -0.15) is 0 Å². The van der Waals surface area contributed by atoms with E-state index in [2.05, 4.69) is 9.71 Å². The van der Waals surface area contributed by atoms with E-state index in [0.29, 0.717) is 12.1 Å². The molecule has 5 nitrogen and oxygen atoms in total. The van der Waals surface area contributed by atoms with Crippen molar-refractivity contribution in [3.63, 3.8) is 0 Å². The van der Waals surface area contributed by atoms with E-state index >= 15 is 0 Å². The van der Waals surface area contributed by atoms with E-state index < -0.39 is 10.0 Å². The molecule has 0 fully saturated rings. The molecular formula is C12H20N2O3S. The Bertz CT molecular complexity index is 481. The first-order chi connectivity index (χ1) is 8.30. The molecule has 1 rings (SSSR count). The second-order valence-electron chi connectivity index (χ2n) is 5.01. The SMILES string of the molecule is CCC(C)(C)CNS(=O)(=O)c1ccc(CO)cn1. The summed E-state index contributed by atoms with van der Waals surface area (Å²) >= 11 is 0. The van der Waals surface area contributed by atoms with Gasteiger partial charge in [0.2, 0.25) is 0 Å². The van der Waals surface area contributed by atoms with Gasteiger partial charge in [0, 0.05) is 12.7 Å². The lowest BCUT2D eigenvalue weighted by atomic mass is 9.91. The van der Waals surface area contributed by atoms with Crippen LogP contribution in [0.2, 0.25) is 0 Å². The van der Waals surface area contributed by atoms with Gasteiger partial charge in [-0.05, 0) is 23.5 Å². The maximum atomic E-state index is 12.0. The number of aliphatic hydroxyl groups is 1. The summed E-state index contributed by atoms with van der Waals surface area (Å²) in [7, 11) is -3.57. The fourth-order valence-electron chi connectivity index (χ4n) is 1.15. The molecule has 0 aliphatic heterocycles. The largest absolute Gasteiger partial charge is 0.392 e. The van der Waals surface area contributed by atoms with Crippen LogP contribution < -0.4 is 4.72 Å². The molecule has 0 aliphatic carbocycles. The molecule has 0 amide bonds. The molecule has 18 heavy (non-hydrogen) atoms. The summed E-state index contributed by atoms with van der Waals surface area (Å²) in [6.45, 7) is 6.23. The van der Waals surface area contributed by atoms with Gasteiger partial charge in [-0.25, -0.2) is 18.1 Å². The quantitative estimate of drug-likeness (QED) is 0.818. The smallest absolute Gasteiger partial charge is 0.258 e. The van der Waals surface area contributed by atoms with E-state index in [0.717, 1.165) is 6.42 Å². The van der Waals surface area contributed by atoms with Crippen LogP contribution in [-0.4, -0.2) is 25.1 Å². The first-order valence-corrected chi connectivity index (χ1v) is 7.34. The first kappa shape index (κ1) is 15.1. The molecule has 1 aromatic heterocycles. The van der Waals surface area contributed by atoms with Gasteiger partial charge in [-0.15, -0.1) is 0 Å². The molecule has 6 heteroatoms. The van der Waals surface area contributed by atoms with Gasteiger partial charge in [-0.1, -0.05) is 26.8 Å². The average molecular weight is 272 g/mol. The van der Waals surface area contributed by atoms with Crippen molar-refractivity contribution in [3.8, 4) is 0 Å². The highest BCUT2D eigenvalue weighted by Gasteiger charge is 2.21. The Hall–Kier alpha value is -0.980. The number of sulfonamides is 1. The molecule has 0 aliphatic rings. The van der Waals surface area contributed by atoms with E-state index in [1.807, 2.05) is 20.8 Å². The van der Waals surface area contributed by atoms with Crippen molar-refractivity contribution in [1.82, 2.24) is 9.71 Å². The predicted molar refractivity (Wildman–Crippen MR) is 69.4 cm³/mol. The minimum Gasteiger partial charge on any atom is -0.392 e. The molecule has 0 radical (unpaired) electrons. The van der Waals surface area contributed by atoms with Crippen LogP contribution in [0.25, 0.3) is 0 Å². The number of aromatic nitrogens is 1. The van der Waals surface area contributed by atoms with E-state index in [9.17, 15) is 8.42 Å². The van der Waals surface area contributed by atoms with Crippen molar-refractivity contribution >= 4 is 10.0 Å². The number of hydrogen-bond donors (Lipinski definition) is 2. The molecule has 2 N–H and O–H groups in total. The Morgan fingerprint density at radius 2 is 2.06 bits per heavy atom. The third kappa shape index (κ3) is 4.04. The highest BCUT2D eigenvalue weighted by atomic mass is 32.2. The Morgan fingerprint density at radius 3 is 2.50 bits per heavy atom. The molecule has 0 spiro atoms. The zero-order valence-corrected chi connectivity index (χ0v) is 11.8. The van der Waals surface area contributed by atoms with Gasteiger partial charge >= 0.3 is 0 Å². The van der Waals surface area contributed by atoms with Crippen LogP contribution in [0.1, 0.15) is 32.8 Å². The number of rotatable bonds is 6. The Kier molecular flexibility index (Phi) is 4.84. The number of hydrogen-bond acceptors (Lipinski definition) is 4. The van der Waals surface area contributed by atoms with E-state index in [1.165, 1.54) is 12.3 Å². The Morgan fingerprint density at radius 1 is 1.39 bits per heavy atom. The summed E-state index contributed by atoms with van der Waals surface area (Å²) in [6.07, 6.45) is 2.24. The van der Waals surface area contributed by atoms with Crippen molar-refractivity contribution < 1.29 is 13.5 Å². The van der Waals surface area contributed by atoms with Crippen molar-refractivity contribution in [3.05, 3.63) is 23.9 Å². The minimum absolute atomic E-state index is 0.0217. The summed E-state index contributed by atoms with van der Waals surface area (Å²) in [5, 5.41) is 8.85. The van der Waals surface area contributed by atoms with Crippen molar-refractivity contribution in [1.29, 1.82) is 0 Å². The monoisotopic (exact) mass is 272 g/mol. The molecule has 0 unspecified atom stereocenters. The second kappa shape index (κ2) is 5.77. The molecule has 1 heterocycles. The fraction of sp³-hybridized carbons (Fsp3) is 0.583. The van der Waals surface area contributed by atoms with Gasteiger partial charge in [-0.3, -0.25) is 0 Å². The van der Waals surface area contributed by atoms with E-state index in [4.69, 9.17) is 5.11 Å². The number of pyridine rings is 1. The summed E-state index contributed by atoms with van der Waals surface area (Å²) in [6, 6.07) is 2.94. The lowest BCUT2D eigenvalue weighted by Crippen LogP contribution is -2.34. The van der Waals surface area contributed by atoms with Crippen LogP contribution >= 0.6 is 0 Å². The average Bonchev–Trinajstić information content (AvgIpc) is 2.37. The van der Waals surface area contributed by atoms with Gasteiger partial charge in [0.15, 0.2) is 5.03 Å². The van der Waals surface area contributed by atoms with Crippen LogP contribution in [0.3, 0.4) is 0 Å². The molecule has 0 atom stereocenters. The van der Waals surface area contributed by atoms with Gasteiger partial charge < -0.3 is 5.11 Å². The molecule has 102 valence electrons. The second-order valence-corrected chi connectivity index (χ2v) is 6.72. The number of nitrogens with one attached hydrogen (secondary N) is 1. The van der Waals surface area contributed by atoms with Gasteiger partial charge in [0.1, 0.15) is 0 Å². The van der Waals surface area contributed by atoms with Crippen molar-refractivity contribution in [2.45, 2.75) is 38.8 Å². The zero-order chi connectivity index (χ0) is 13.8. The topological polar surface area (TPSA) is 79.3 Å². The summed E-state index contributed by atoms with van der Waals surface area (Å²) in [5.74, 6) is 0. The van der Waals surface area contributed by atoms with Crippen LogP contribution in [0.4, 0.5) is 0 Å². The van der Waals surface area contributed by atoms with Gasteiger partial charge in [0.05, 0.1) is 6.61 Å². The molecule has 0 saturated carbocycles. The summed E-state index contributed by atoms with van der Waals surface area (Å²) in [4.78, 5) is 3.84. The van der Waals surface area contributed by atoms with Crippen molar-refractivity contribution in [2.75, 3.05) is 6.54 Å². The molecule has 0 saturated heterocycles. The maximum absolute atomic E-state index is 12.0. The molecule has 0 bridgehead atoms. The Balaban J connectivity index is 2.80. The summed E-state index contributed by atoms with van der Waals surface area (Å²) < 4.78 is 26.5. The number of nitrogens with zero attached hydrogens (tertiary/aromatic N) is 1. The maximum Gasteiger partial charge on any atom is 0.258 e. The third-order valence-electron chi connectivity index (χ3n) is 2.95. The normalized spacial score (nSPS) is 12.7. The van der Waals surface area contributed by atoms with Gasteiger partial charge in [0.25, 0.3) is 10.0 Å². The molecular weight excluding hydrogens is 252 g/mol. The standard InChI is InChI=1S/C12H20N2O3S/c1-4-12(2,3)9-14-18(16,17)11-6-5-10(8-15)7-13-11/h5-7,14-15H,4,8-9H2,1-3H3. The van der Waals surface area contributed by atoms with E-state index in [-0.39, 0.29) is 17.0 Å². The molecule has 1 aromatic rings. The lowest BCUT2D eigenvalue weighted by molar-refractivity contribution is 0.281. The number of aliphatic hydroxyl groups excluding tert-OH is 1. The van der Waals surface area contributed by atoms with Crippen LogP contribution in [0.5, 0.6) is 0 Å². The fourth-order valence-corrected chi connectivity index (χ4v) is 2.32. The van der Waals surface area contributed by atoms with Crippen LogP contribution in [-0.2, 0) is 16.6 Å². The van der Waals surface area contributed by atoms with Crippen LogP contribution in [0.15, 0.2) is 23.4 Å². The lowest BCUT2D eigenvalue weighted by Gasteiger charge is -2.22. The zero-order valence-electron chi connectivity index (χ0n) is 11.0. The highest BCUT2D eigenvalue weighted by molar-refractivity contribution is 7.89. The Labute approximate surface area is 108 Å². The minimum atomic E-state index is -3.57.